The van der Waals surface area contributed by atoms with Gasteiger partial charge in [-0.15, -0.1) is 0 Å². The molecule has 26 heavy (non-hydrogen) atoms. The number of para-hydroxylation sites is 2. The van der Waals surface area contributed by atoms with Gasteiger partial charge in [0.1, 0.15) is 0 Å². The lowest BCUT2D eigenvalue weighted by Crippen LogP contribution is -2.35. The molecule has 1 aliphatic rings. The summed E-state index contributed by atoms with van der Waals surface area (Å²) in [6.45, 7) is 1.86. The van der Waals surface area contributed by atoms with Crippen molar-refractivity contribution < 1.29 is 14.3 Å². The Morgan fingerprint density at radius 1 is 1.12 bits per heavy atom. The van der Waals surface area contributed by atoms with Crippen molar-refractivity contribution in [3.8, 4) is 17.2 Å². The topological polar surface area (TPSA) is 50.8 Å². The van der Waals surface area contributed by atoms with Crippen LogP contribution in [0, 0.1) is 5.92 Å². The second-order valence-corrected chi connectivity index (χ2v) is 6.90. The molecule has 5 nitrogen and oxygen atoms in total. The van der Waals surface area contributed by atoms with Gasteiger partial charge < -0.3 is 19.7 Å². The van der Waals surface area contributed by atoms with E-state index in [2.05, 4.69) is 17.3 Å². The molecule has 138 valence electrons. The SMILES string of the molecule is COc1ccccc1Oc1ccc(Cl)cc1NC(=O)C1CCN(C)CC1. The van der Waals surface area contributed by atoms with E-state index in [9.17, 15) is 4.79 Å². The summed E-state index contributed by atoms with van der Waals surface area (Å²) in [5.74, 6) is 1.73. The van der Waals surface area contributed by atoms with Gasteiger partial charge in [0.2, 0.25) is 5.91 Å². The van der Waals surface area contributed by atoms with Crippen molar-refractivity contribution >= 4 is 23.2 Å². The van der Waals surface area contributed by atoms with E-state index in [0.717, 1.165) is 25.9 Å². The average molecular weight is 375 g/mol. The first-order valence-electron chi connectivity index (χ1n) is 8.66. The Bertz CT molecular complexity index is 773. The Morgan fingerprint density at radius 3 is 2.50 bits per heavy atom. The second-order valence-electron chi connectivity index (χ2n) is 6.46. The fraction of sp³-hybridized carbons (Fsp3) is 0.350. The zero-order chi connectivity index (χ0) is 18.5. The molecular weight excluding hydrogens is 352 g/mol. The lowest BCUT2D eigenvalue weighted by Gasteiger charge is -2.28. The van der Waals surface area contributed by atoms with Crippen LogP contribution in [0.2, 0.25) is 5.02 Å². The van der Waals surface area contributed by atoms with Gasteiger partial charge >= 0.3 is 0 Å². The molecule has 0 unspecified atom stereocenters. The largest absolute Gasteiger partial charge is 0.493 e. The molecule has 1 saturated heterocycles. The Hall–Kier alpha value is -2.24. The summed E-state index contributed by atoms with van der Waals surface area (Å²) < 4.78 is 11.3. The highest BCUT2D eigenvalue weighted by Crippen LogP contribution is 2.36. The van der Waals surface area contributed by atoms with Crippen molar-refractivity contribution in [2.45, 2.75) is 12.8 Å². The molecule has 3 rings (SSSR count). The number of piperidine rings is 1. The van der Waals surface area contributed by atoms with Gasteiger partial charge in [-0.25, -0.2) is 0 Å². The number of anilines is 1. The van der Waals surface area contributed by atoms with Crippen molar-refractivity contribution in [1.82, 2.24) is 4.90 Å². The zero-order valence-corrected chi connectivity index (χ0v) is 15.8. The summed E-state index contributed by atoms with van der Waals surface area (Å²) >= 11 is 6.13. The van der Waals surface area contributed by atoms with E-state index in [0.29, 0.717) is 28.0 Å². The number of ether oxygens (including phenoxy) is 2. The number of hydrogen-bond donors (Lipinski definition) is 1. The molecular formula is C20H23ClN2O3. The predicted octanol–water partition coefficient (Wildman–Crippen LogP) is 4.42. The molecule has 0 saturated carbocycles. The number of likely N-dealkylation sites (tertiary alicyclic amines) is 1. The van der Waals surface area contributed by atoms with E-state index < -0.39 is 0 Å². The van der Waals surface area contributed by atoms with E-state index in [1.807, 2.05) is 24.3 Å². The van der Waals surface area contributed by atoms with Gasteiger partial charge in [0, 0.05) is 10.9 Å². The van der Waals surface area contributed by atoms with E-state index >= 15 is 0 Å². The Kier molecular flexibility index (Phi) is 6.01. The fourth-order valence-corrected chi connectivity index (χ4v) is 3.19. The molecule has 0 atom stereocenters. The highest BCUT2D eigenvalue weighted by molar-refractivity contribution is 6.31. The van der Waals surface area contributed by atoms with Crippen LogP contribution in [0.25, 0.3) is 0 Å². The maximum absolute atomic E-state index is 12.7. The highest BCUT2D eigenvalue weighted by atomic mass is 35.5. The lowest BCUT2D eigenvalue weighted by molar-refractivity contribution is -0.121. The minimum absolute atomic E-state index is 0.00398. The standard InChI is InChI=1S/C20H23ClN2O3/c1-23-11-9-14(10-12-23)20(24)22-16-13-15(21)7-8-17(16)26-19-6-4-3-5-18(19)25-2/h3-8,13-14H,9-12H2,1-2H3,(H,22,24). The number of nitrogens with zero attached hydrogens (tertiary/aromatic N) is 1. The zero-order valence-electron chi connectivity index (χ0n) is 15.0. The fourth-order valence-electron chi connectivity index (χ4n) is 3.02. The van der Waals surface area contributed by atoms with Crippen molar-refractivity contribution in [2.75, 3.05) is 32.6 Å². The molecule has 0 radical (unpaired) electrons. The van der Waals surface area contributed by atoms with E-state index in [1.165, 1.54) is 0 Å². The quantitative estimate of drug-likeness (QED) is 0.841. The Labute approximate surface area is 158 Å². The first kappa shape index (κ1) is 18.5. The number of carbonyl (C=O) groups excluding carboxylic acids is 1. The number of methoxy groups -OCH3 is 1. The molecule has 0 aromatic heterocycles. The summed E-state index contributed by atoms with van der Waals surface area (Å²) in [5, 5.41) is 3.52. The first-order chi connectivity index (χ1) is 12.6. The number of hydrogen-bond acceptors (Lipinski definition) is 4. The van der Waals surface area contributed by atoms with Crippen molar-refractivity contribution in [1.29, 1.82) is 0 Å². The lowest BCUT2D eigenvalue weighted by atomic mass is 9.96. The van der Waals surface area contributed by atoms with Crippen LogP contribution < -0.4 is 14.8 Å². The van der Waals surface area contributed by atoms with Crippen LogP contribution in [0.3, 0.4) is 0 Å². The maximum atomic E-state index is 12.7. The molecule has 0 bridgehead atoms. The van der Waals surface area contributed by atoms with Crippen LogP contribution in [0.1, 0.15) is 12.8 Å². The van der Waals surface area contributed by atoms with E-state index in [4.69, 9.17) is 21.1 Å². The molecule has 1 amide bonds. The van der Waals surface area contributed by atoms with Gasteiger partial charge in [-0.05, 0) is 63.3 Å². The monoisotopic (exact) mass is 374 g/mol. The third-order valence-corrected chi connectivity index (χ3v) is 4.81. The molecule has 2 aromatic rings. The number of benzene rings is 2. The third-order valence-electron chi connectivity index (χ3n) is 4.58. The number of halogens is 1. The Morgan fingerprint density at radius 2 is 1.81 bits per heavy atom. The smallest absolute Gasteiger partial charge is 0.227 e. The molecule has 2 aromatic carbocycles. The number of amides is 1. The summed E-state index contributed by atoms with van der Waals surface area (Å²) in [6, 6.07) is 12.6. The van der Waals surface area contributed by atoms with Gasteiger partial charge in [0.25, 0.3) is 0 Å². The average Bonchev–Trinajstić information content (AvgIpc) is 2.65. The van der Waals surface area contributed by atoms with Crippen LogP contribution in [0.5, 0.6) is 17.2 Å². The minimum atomic E-state index is 0.00398. The highest BCUT2D eigenvalue weighted by Gasteiger charge is 2.24. The van der Waals surface area contributed by atoms with Gasteiger partial charge in [0.05, 0.1) is 12.8 Å². The normalized spacial score (nSPS) is 15.5. The van der Waals surface area contributed by atoms with Crippen molar-refractivity contribution in [3.05, 3.63) is 47.5 Å². The number of carbonyl (C=O) groups is 1. The van der Waals surface area contributed by atoms with Crippen molar-refractivity contribution in [3.63, 3.8) is 0 Å². The molecule has 1 heterocycles. The van der Waals surface area contributed by atoms with E-state index in [1.54, 1.807) is 25.3 Å². The minimum Gasteiger partial charge on any atom is -0.493 e. The molecule has 1 aliphatic heterocycles. The molecule has 0 aliphatic carbocycles. The summed E-state index contributed by atoms with van der Waals surface area (Å²) in [6.07, 6.45) is 1.71. The number of nitrogens with one attached hydrogen (secondary N) is 1. The van der Waals surface area contributed by atoms with Crippen LogP contribution in [-0.4, -0.2) is 38.1 Å². The van der Waals surface area contributed by atoms with Gasteiger partial charge in [0.15, 0.2) is 17.2 Å². The Balaban J connectivity index is 1.78. The van der Waals surface area contributed by atoms with Gasteiger partial charge in [-0.2, -0.15) is 0 Å². The molecule has 1 fully saturated rings. The van der Waals surface area contributed by atoms with Crippen LogP contribution in [0.4, 0.5) is 5.69 Å². The number of rotatable bonds is 5. The summed E-state index contributed by atoms with van der Waals surface area (Å²) in [5.41, 5.74) is 0.562. The molecule has 0 spiro atoms. The van der Waals surface area contributed by atoms with Crippen LogP contribution in [0.15, 0.2) is 42.5 Å². The van der Waals surface area contributed by atoms with Crippen LogP contribution in [-0.2, 0) is 4.79 Å². The van der Waals surface area contributed by atoms with Crippen LogP contribution >= 0.6 is 11.6 Å². The first-order valence-corrected chi connectivity index (χ1v) is 9.04. The molecule has 1 N–H and O–H groups in total. The van der Waals surface area contributed by atoms with E-state index in [-0.39, 0.29) is 11.8 Å². The van der Waals surface area contributed by atoms with Gasteiger partial charge in [-0.1, -0.05) is 23.7 Å². The van der Waals surface area contributed by atoms with Gasteiger partial charge in [-0.3, -0.25) is 4.79 Å². The predicted molar refractivity (Wildman–Crippen MR) is 103 cm³/mol. The summed E-state index contributed by atoms with van der Waals surface area (Å²) in [7, 11) is 3.66. The second kappa shape index (κ2) is 8.43. The summed E-state index contributed by atoms with van der Waals surface area (Å²) in [4.78, 5) is 14.9. The van der Waals surface area contributed by atoms with Crippen molar-refractivity contribution in [2.24, 2.45) is 5.92 Å². The molecule has 6 heteroatoms. The third kappa shape index (κ3) is 4.48. The maximum Gasteiger partial charge on any atom is 0.227 e.